The predicted octanol–water partition coefficient (Wildman–Crippen LogP) is 4.15. The van der Waals surface area contributed by atoms with Crippen LogP contribution in [0.4, 0.5) is 0 Å². The average Bonchev–Trinajstić information content (AvgIpc) is 2.42. The lowest BCUT2D eigenvalue weighted by molar-refractivity contribution is -0.145. The van der Waals surface area contributed by atoms with E-state index in [9.17, 15) is 4.79 Å². The molecule has 0 aliphatic carbocycles. The third-order valence-corrected chi connectivity index (χ3v) is 3.62. The second kappa shape index (κ2) is 8.74. The summed E-state index contributed by atoms with van der Waals surface area (Å²) in [4.78, 5) is 12.2. The van der Waals surface area contributed by atoms with Gasteiger partial charge < -0.3 is 9.47 Å². The molecule has 0 aliphatic rings. The summed E-state index contributed by atoms with van der Waals surface area (Å²) in [6.07, 6.45) is 0. The molecule has 4 heteroatoms. The van der Waals surface area contributed by atoms with Crippen molar-refractivity contribution in [1.29, 1.82) is 0 Å². The van der Waals surface area contributed by atoms with E-state index in [-0.39, 0.29) is 24.4 Å². The number of carbonyl (C=O) groups is 1. The maximum absolute atomic E-state index is 12.2. The van der Waals surface area contributed by atoms with Crippen LogP contribution in [0.3, 0.4) is 0 Å². The standard InChI is InChI=1S/C17H21BrO3/c1-5-7-10-21-17(19)16(12(3)4)13-8-9-15(20-6-2)14(18)11-13/h8-9,11-12,16H,6,10H2,1-4H3. The number of halogens is 1. The van der Waals surface area contributed by atoms with Crippen molar-refractivity contribution < 1.29 is 14.3 Å². The van der Waals surface area contributed by atoms with Gasteiger partial charge in [0, 0.05) is 0 Å². The first-order chi connectivity index (χ1) is 10.0. The van der Waals surface area contributed by atoms with Crippen molar-refractivity contribution in [1.82, 2.24) is 0 Å². The maximum Gasteiger partial charge on any atom is 0.314 e. The largest absolute Gasteiger partial charge is 0.493 e. The van der Waals surface area contributed by atoms with E-state index in [0.717, 1.165) is 15.8 Å². The van der Waals surface area contributed by atoms with E-state index >= 15 is 0 Å². The van der Waals surface area contributed by atoms with Gasteiger partial charge in [0.05, 0.1) is 17.0 Å². The molecule has 3 nitrogen and oxygen atoms in total. The molecule has 1 unspecified atom stereocenters. The minimum absolute atomic E-state index is 0.136. The Balaban J connectivity index is 2.97. The Kier molecular flexibility index (Phi) is 7.31. The molecule has 0 aromatic heterocycles. The molecule has 0 N–H and O–H groups in total. The Bertz CT molecular complexity index is 541. The molecule has 114 valence electrons. The van der Waals surface area contributed by atoms with Gasteiger partial charge in [-0.2, -0.15) is 0 Å². The summed E-state index contributed by atoms with van der Waals surface area (Å²) >= 11 is 3.48. The minimum atomic E-state index is -0.310. The molecule has 0 saturated heterocycles. The molecule has 0 radical (unpaired) electrons. The number of carbonyl (C=O) groups excluding carboxylic acids is 1. The predicted molar refractivity (Wildman–Crippen MR) is 87.3 cm³/mol. The molecule has 1 atom stereocenters. The van der Waals surface area contributed by atoms with Crippen molar-refractivity contribution in [3.8, 4) is 17.6 Å². The van der Waals surface area contributed by atoms with Crippen LogP contribution in [0, 0.1) is 17.8 Å². The number of benzene rings is 1. The van der Waals surface area contributed by atoms with Crippen molar-refractivity contribution >= 4 is 21.9 Å². The second-order valence-corrected chi connectivity index (χ2v) is 5.73. The zero-order valence-electron chi connectivity index (χ0n) is 12.9. The lowest BCUT2D eigenvalue weighted by atomic mass is 9.88. The summed E-state index contributed by atoms with van der Waals surface area (Å²) in [6, 6.07) is 5.70. The first kappa shape index (κ1) is 17.6. The summed E-state index contributed by atoms with van der Waals surface area (Å²) in [5, 5.41) is 0. The summed E-state index contributed by atoms with van der Waals surface area (Å²) in [7, 11) is 0. The van der Waals surface area contributed by atoms with Crippen molar-refractivity contribution in [2.45, 2.75) is 33.6 Å². The minimum Gasteiger partial charge on any atom is -0.493 e. The molecule has 21 heavy (non-hydrogen) atoms. The molecule has 0 bridgehead atoms. The molecule has 0 heterocycles. The normalized spacial score (nSPS) is 11.5. The smallest absolute Gasteiger partial charge is 0.314 e. The highest BCUT2D eigenvalue weighted by atomic mass is 79.9. The van der Waals surface area contributed by atoms with Crippen LogP contribution in [-0.2, 0) is 9.53 Å². The third-order valence-electron chi connectivity index (χ3n) is 3.00. The van der Waals surface area contributed by atoms with Crippen LogP contribution in [0.25, 0.3) is 0 Å². The van der Waals surface area contributed by atoms with E-state index in [1.165, 1.54) is 0 Å². The van der Waals surface area contributed by atoms with Gasteiger partial charge in [0.15, 0.2) is 6.61 Å². The molecule has 0 amide bonds. The van der Waals surface area contributed by atoms with E-state index in [1.807, 2.05) is 39.0 Å². The van der Waals surface area contributed by atoms with E-state index in [4.69, 9.17) is 9.47 Å². The summed E-state index contributed by atoms with van der Waals surface area (Å²) in [5.41, 5.74) is 0.912. The number of hydrogen-bond donors (Lipinski definition) is 0. The zero-order valence-corrected chi connectivity index (χ0v) is 14.5. The fourth-order valence-electron chi connectivity index (χ4n) is 2.05. The van der Waals surface area contributed by atoms with E-state index < -0.39 is 0 Å². The summed E-state index contributed by atoms with van der Waals surface area (Å²) in [5.74, 6) is 5.80. The molecule has 0 spiro atoms. The van der Waals surface area contributed by atoms with Gasteiger partial charge in [0.25, 0.3) is 0 Å². The third kappa shape index (κ3) is 5.09. The first-order valence-corrected chi connectivity index (χ1v) is 7.79. The molecule has 1 aromatic carbocycles. The number of rotatable bonds is 6. The maximum atomic E-state index is 12.2. The first-order valence-electron chi connectivity index (χ1n) is 6.99. The highest BCUT2D eigenvalue weighted by Crippen LogP contribution is 2.32. The van der Waals surface area contributed by atoms with Gasteiger partial charge in [-0.1, -0.05) is 25.8 Å². The summed E-state index contributed by atoms with van der Waals surface area (Å²) in [6.45, 7) is 8.39. The molecule has 0 aliphatic heterocycles. The molecule has 0 saturated carbocycles. The van der Waals surface area contributed by atoms with Gasteiger partial charge in [0.2, 0.25) is 0 Å². The average molecular weight is 353 g/mol. The fraction of sp³-hybridized carbons (Fsp3) is 0.471. The zero-order chi connectivity index (χ0) is 15.8. The van der Waals surface area contributed by atoms with Gasteiger partial charge >= 0.3 is 5.97 Å². The van der Waals surface area contributed by atoms with Gasteiger partial charge in [-0.25, -0.2) is 0 Å². The molecular weight excluding hydrogens is 332 g/mol. The molecule has 1 rings (SSSR count). The Labute approximate surface area is 135 Å². The van der Waals surface area contributed by atoms with Crippen LogP contribution in [0.1, 0.15) is 39.2 Å². The highest BCUT2D eigenvalue weighted by molar-refractivity contribution is 9.10. The monoisotopic (exact) mass is 352 g/mol. The van der Waals surface area contributed by atoms with Crippen LogP contribution < -0.4 is 4.74 Å². The van der Waals surface area contributed by atoms with Gasteiger partial charge in [-0.15, -0.1) is 5.92 Å². The van der Waals surface area contributed by atoms with Gasteiger partial charge in [-0.3, -0.25) is 4.79 Å². The Hall–Kier alpha value is -1.47. The topological polar surface area (TPSA) is 35.5 Å². The number of esters is 1. The lowest BCUT2D eigenvalue weighted by Gasteiger charge is -2.20. The quantitative estimate of drug-likeness (QED) is 0.569. The molecular formula is C17H21BrO3. The number of hydrogen-bond acceptors (Lipinski definition) is 3. The second-order valence-electron chi connectivity index (χ2n) is 4.88. The van der Waals surface area contributed by atoms with E-state index in [0.29, 0.717) is 6.61 Å². The van der Waals surface area contributed by atoms with Crippen LogP contribution in [-0.4, -0.2) is 19.2 Å². The van der Waals surface area contributed by atoms with Crippen molar-refractivity contribution in [2.24, 2.45) is 5.92 Å². The van der Waals surface area contributed by atoms with E-state index in [2.05, 4.69) is 27.8 Å². The Morgan fingerprint density at radius 2 is 2.10 bits per heavy atom. The summed E-state index contributed by atoms with van der Waals surface area (Å²) < 4.78 is 11.6. The van der Waals surface area contributed by atoms with Crippen molar-refractivity contribution in [3.05, 3.63) is 28.2 Å². The van der Waals surface area contributed by atoms with Crippen molar-refractivity contribution in [3.63, 3.8) is 0 Å². The van der Waals surface area contributed by atoms with Crippen LogP contribution >= 0.6 is 15.9 Å². The van der Waals surface area contributed by atoms with Gasteiger partial charge in [0.1, 0.15) is 5.75 Å². The highest BCUT2D eigenvalue weighted by Gasteiger charge is 2.26. The van der Waals surface area contributed by atoms with Crippen molar-refractivity contribution in [2.75, 3.05) is 13.2 Å². The SMILES string of the molecule is CC#CCOC(=O)C(c1ccc(OCC)c(Br)c1)C(C)C. The van der Waals surface area contributed by atoms with E-state index in [1.54, 1.807) is 6.92 Å². The Morgan fingerprint density at radius 3 is 2.62 bits per heavy atom. The van der Waals surface area contributed by atoms with Gasteiger partial charge in [-0.05, 0) is 53.4 Å². The molecule has 1 aromatic rings. The van der Waals surface area contributed by atoms with Crippen LogP contribution in [0.2, 0.25) is 0 Å². The fourth-order valence-corrected chi connectivity index (χ4v) is 2.56. The lowest BCUT2D eigenvalue weighted by Crippen LogP contribution is -2.21. The van der Waals surface area contributed by atoms with Crippen LogP contribution in [0.15, 0.2) is 22.7 Å². The molecule has 0 fully saturated rings. The number of ether oxygens (including phenoxy) is 2. The van der Waals surface area contributed by atoms with Crippen LogP contribution in [0.5, 0.6) is 5.75 Å². The Morgan fingerprint density at radius 1 is 1.38 bits per heavy atom.